The molecule has 2 aromatic carbocycles. The molecule has 0 aliphatic carbocycles. The van der Waals surface area contributed by atoms with Crippen LogP contribution in [-0.4, -0.2) is 50.9 Å². The average molecular weight is 449 g/mol. The fraction of sp³-hybridized carbons (Fsp3) is 0.278. The highest BCUT2D eigenvalue weighted by Gasteiger charge is 2.26. The Balaban J connectivity index is 1.93. The van der Waals surface area contributed by atoms with E-state index in [9.17, 15) is 18.5 Å². The molecule has 1 aromatic heterocycles. The zero-order valence-corrected chi connectivity index (χ0v) is 18.0. The molecule has 0 saturated carbocycles. The number of nitro benzene ring substituents is 1. The molecule has 3 rings (SSSR count). The Morgan fingerprint density at radius 2 is 1.83 bits per heavy atom. The van der Waals surface area contributed by atoms with Crippen molar-refractivity contribution in [1.82, 2.24) is 24.5 Å². The molecule has 0 bridgehead atoms. The van der Waals surface area contributed by atoms with Crippen LogP contribution in [0.15, 0.2) is 63.5 Å². The van der Waals surface area contributed by atoms with E-state index >= 15 is 0 Å². The van der Waals surface area contributed by atoms with Crippen LogP contribution in [0.2, 0.25) is 0 Å². The van der Waals surface area contributed by atoms with Crippen molar-refractivity contribution in [2.24, 2.45) is 0 Å². The average Bonchev–Trinajstić information content (AvgIpc) is 3.16. The quantitative estimate of drug-likeness (QED) is 0.361. The van der Waals surface area contributed by atoms with Gasteiger partial charge in [0.2, 0.25) is 15.2 Å². The summed E-state index contributed by atoms with van der Waals surface area (Å²) in [7, 11) is -3.81. The van der Waals surface area contributed by atoms with E-state index in [0.717, 1.165) is 23.4 Å². The molecule has 0 atom stereocenters. The smallest absolute Gasteiger partial charge is 0.258 e. The number of nitrogens with zero attached hydrogens (tertiary/aromatic N) is 6. The van der Waals surface area contributed by atoms with Gasteiger partial charge in [-0.05, 0) is 39.9 Å². The van der Waals surface area contributed by atoms with Gasteiger partial charge in [0.05, 0.1) is 21.3 Å². The second kappa shape index (κ2) is 9.32. The summed E-state index contributed by atoms with van der Waals surface area (Å²) in [5, 5.41) is 23.6. The second-order valence-corrected chi connectivity index (χ2v) is 9.13. The molecule has 0 amide bonds. The van der Waals surface area contributed by atoms with Crippen LogP contribution in [0.1, 0.15) is 19.4 Å². The highest BCUT2D eigenvalue weighted by molar-refractivity contribution is 7.99. The van der Waals surface area contributed by atoms with Gasteiger partial charge >= 0.3 is 0 Å². The molecule has 30 heavy (non-hydrogen) atoms. The van der Waals surface area contributed by atoms with Crippen molar-refractivity contribution < 1.29 is 13.3 Å². The van der Waals surface area contributed by atoms with Crippen molar-refractivity contribution in [3.8, 4) is 0 Å². The lowest BCUT2D eigenvalue weighted by molar-refractivity contribution is -0.388. The Labute approximate surface area is 178 Å². The Morgan fingerprint density at radius 1 is 1.13 bits per heavy atom. The van der Waals surface area contributed by atoms with Crippen LogP contribution in [0.3, 0.4) is 0 Å². The van der Waals surface area contributed by atoms with Gasteiger partial charge in [0.15, 0.2) is 0 Å². The maximum atomic E-state index is 12.7. The summed E-state index contributed by atoms with van der Waals surface area (Å²) in [5.74, 6) is 0. The number of nitro groups is 1. The third-order valence-corrected chi connectivity index (χ3v) is 7.43. The number of tetrazole rings is 1. The van der Waals surface area contributed by atoms with Gasteiger partial charge in [-0.3, -0.25) is 10.1 Å². The first-order valence-corrected chi connectivity index (χ1v) is 11.4. The summed E-state index contributed by atoms with van der Waals surface area (Å²) in [6.07, 6.45) is 0. The number of aromatic nitrogens is 4. The third-order valence-electron chi connectivity index (χ3n) is 4.35. The van der Waals surface area contributed by atoms with Gasteiger partial charge in [-0.2, -0.15) is 4.31 Å². The minimum Gasteiger partial charge on any atom is -0.258 e. The van der Waals surface area contributed by atoms with Crippen molar-refractivity contribution in [3.05, 3.63) is 64.2 Å². The van der Waals surface area contributed by atoms with E-state index in [1.54, 1.807) is 13.8 Å². The molecule has 0 aliphatic rings. The Kier molecular flexibility index (Phi) is 6.80. The van der Waals surface area contributed by atoms with Crippen LogP contribution in [0.25, 0.3) is 0 Å². The molecular formula is C18H20N6O4S2. The minimum atomic E-state index is -3.81. The topological polar surface area (TPSA) is 124 Å². The number of benzene rings is 2. The molecule has 1 heterocycles. The van der Waals surface area contributed by atoms with Gasteiger partial charge in [0.25, 0.3) is 5.69 Å². The van der Waals surface area contributed by atoms with Crippen LogP contribution in [0, 0.1) is 10.1 Å². The van der Waals surface area contributed by atoms with E-state index in [2.05, 4.69) is 15.5 Å². The molecule has 0 spiro atoms. The second-order valence-electron chi connectivity index (χ2n) is 6.18. The van der Waals surface area contributed by atoms with Crippen molar-refractivity contribution >= 4 is 27.5 Å². The number of sulfonamides is 1. The zero-order chi connectivity index (χ0) is 21.7. The molecule has 10 nitrogen and oxygen atoms in total. The number of rotatable bonds is 9. The highest BCUT2D eigenvalue weighted by Crippen LogP contribution is 2.35. The summed E-state index contributed by atoms with van der Waals surface area (Å²) in [4.78, 5) is 11.2. The molecule has 0 saturated heterocycles. The summed E-state index contributed by atoms with van der Waals surface area (Å²) < 4.78 is 28.2. The van der Waals surface area contributed by atoms with Crippen LogP contribution in [0.4, 0.5) is 5.69 Å². The number of hydrogen-bond donors (Lipinski definition) is 0. The minimum absolute atomic E-state index is 0.119. The summed E-state index contributed by atoms with van der Waals surface area (Å²) in [5.41, 5.74) is 0.657. The fourth-order valence-electron chi connectivity index (χ4n) is 2.82. The first-order chi connectivity index (χ1) is 14.4. The molecule has 0 radical (unpaired) electrons. The molecule has 0 N–H and O–H groups in total. The normalized spacial score (nSPS) is 11.7. The van der Waals surface area contributed by atoms with E-state index < -0.39 is 14.9 Å². The molecule has 12 heteroatoms. The van der Waals surface area contributed by atoms with Gasteiger partial charge in [0, 0.05) is 19.2 Å². The first kappa shape index (κ1) is 21.9. The Morgan fingerprint density at radius 3 is 2.47 bits per heavy atom. The maximum Gasteiger partial charge on any atom is 0.284 e. The van der Waals surface area contributed by atoms with Crippen molar-refractivity contribution in [3.63, 3.8) is 0 Å². The highest BCUT2D eigenvalue weighted by atomic mass is 32.2. The van der Waals surface area contributed by atoms with Gasteiger partial charge < -0.3 is 0 Å². The SMILES string of the molecule is CCN(CC)S(=O)(=O)c1ccc(Sc2nnnn2Cc2ccccc2)c([N+](=O)[O-])c1. The first-order valence-electron chi connectivity index (χ1n) is 9.13. The van der Waals surface area contributed by atoms with Crippen molar-refractivity contribution in [1.29, 1.82) is 0 Å². The molecule has 0 unspecified atom stereocenters. The standard InChI is InChI=1S/C18H20N6O4S2/c1-3-22(4-2)30(27,28)15-10-11-17(16(12-15)24(25)26)29-18-19-20-21-23(18)13-14-8-6-5-7-9-14/h5-12H,3-4,13H2,1-2H3. The lowest BCUT2D eigenvalue weighted by atomic mass is 10.2. The Hall–Kier alpha value is -2.83. The van der Waals surface area contributed by atoms with Gasteiger partial charge in [-0.25, -0.2) is 13.1 Å². The van der Waals surface area contributed by atoms with Gasteiger partial charge in [-0.1, -0.05) is 44.2 Å². The molecule has 158 valence electrons. The summed E-state index contributed by atoms with van der Waals surface area (Å²) >= 11 is 1.01. The monoisotopic (exact) mass is 448 g/mol. The predicted molar refractivity (Wildman–Crippen MR) is 111 cm³/mol. The van der Waals surface area contributed by atoms with E-state index in [1.165, 1.54) is 21.1 Å². The number of hydrogen-bond acceptors (Lipinski definition) is 8. The van der Waals surface area contributed by atoms with Crippen LogP contribution >= 0.6 is 11.8 Å². The van der Waals surface area contributed by atoms with Gasteiger partial charge in [0.1, 0.15) is 0 Å². The van der Waals surface area contributed by atoms with E-state index in [-0.39, 0.29) is 28.6 Å². The van der Waals surface area contributed by atoms with Crippen LogP contribution < -0.4 is 0 Å². The van der Waals surface area contributed by atoms with Gasteiger partial charge in [-0.15, -0.1) is 5.10 Å². The zero-order valence-electron chi connectivity index (χ0n) is 16.4. The lowest BCUT2D eigenvalue weighted by Crippen LogP contribution is -2.30. The predicted octanol–water partition coefficient (Wildman–Crippen LogP) is 2.81. The molecular weight excluding hydrogens is 428 g/mol. The van der Waals surface area contributed by atoms with Crippen LogP contribution in [-0.2, 0) is 16.6 Å². The lowest BCUT2D eigenvalue weighted by Gasteiger charge is -2.18. The molecule has 0 aliphatic heterocycles. The fourth-order valence-corrected chi connectivity index (χ4v) is 5.16. The van der Waals surface area contributed by atoms with E-state index in [4.69, 9.17) is 0 Å². The van der Waals surface area contributed by atoms with Crippen molar-refractivity contribution in [2.75, 3.05) is 13.1 Å². The maximum absolute atomic E-state index is 12.7. The Bertz CT molecular complexity index is 1130. The summed E-state index contributed by atoms with van der Waals surface area (Å²) in [6, 6.07) is 13.4. The molecule has 0 fully saturated rings. The van der Waals surface area contributed by atoms with E-state index in [1.807, 2.05) is 30.3 Å². The molecule has 3 aromatic rings. The largest absolute Gasteiger partial charge is 0.284 e. The van der Waals surface area contributed by atoms with E-state index in [0.29, 0.717) is 11.7 Å². The van der Waals surface area contributed by atoms with Crippen LogP contribution in [0.5, 0.6) is 0 Å². The third kappa shape index (κ3) is 4.66. The van der Waals surface area contributed by atoms with Crippen molar-refractivity contribution in [2.45, 2.75) is 35.3 Å². The summed E-state index contributed by atoms with van der Waals surface area (Å²) in [6.45, 7) is 4.38.